The smallest absolute Gasteiger partial charge is 0.409 e. The monoisotopic (exact) mass is 527 g/mol. The van der Waals surface area contributed by atoms with Crippen molar-refractivity contribution >= 4 is 36.0 Å². The molecule has 1 amide bonds. The lowest BCUT2D eigenvalue weighted by atomic mass is 10.1. The van der Waals surface area contributed by atoms with Gasteiger partial charge >= 0.3 is 6.09 Å². The molecule has 1 N–H and O–H groups in total. The van der Waals surface area contributed by atoms with Crippen molar-refractivity contribution in [3.8, 4) is 11.5 Å². The fourth-order valence-electron chi connectivity index (χ4n) is 3.11. The Morgan fingerprint density at radius 1 is 1.17 bits per heavy atom. The van der Waals surface area contributed by atoms with E-state index < -0.39 is 0 Å². The number of aromatic nitrogens is 1. The van der Waals surface area contributed by atoms with Gasteiger partial charge in [0.1, 0.15) is 12.0 Å². The summed E-state index contributed by atoms with van der Waals surface area (Å²) >= 11 is 0. The quantitative estimate of drug-likeness (QED) is 0.364. The number of benzene rings is 1. The molecule has 0 spiro atoms. The first kappa shape index (κ1) is 24.0. The number of ether oxygens (including phenoxy) is 1. The molecule has 0 atom stereocenters. The van der Waals surface area contributed by atoms with E-state index in [4.69, 9.17) is 14.1 Å². The van der Waals surface area contributed by atoms with Crippen LogP contribution in [-0.2, 0) is 11.3 Å². The number of amides is 1. The zero-order chi connectivity index (χ0) is 20.6. The number of piperazine rings is 1. The van der Waals surface area contributed by atoms with Crippen LogP contribution in [-0.4, -0.2) is 66.2 Å². The van der Waals surface area contributed by atoms with Crippen LogP contribution >= 0.6 is 24.0 Å². The fourth-order valence-corrected chi connectivity index (χ4v) is 3.11. The molecule has 1 aromatic carbocycles. The number of nitrogens with zero attached hydrogens (tertiary/aromatic N) is 4. The Hall–Kier alpha value is -2.30. The molecular formula is C21H30IN5O3. The number of aliphatic imine (C=N–C) groups is 1. The maximum Gasteiger partial charge on any atom is 0.409 e. The first-order valence-corrected chi connectivity index (χ1v) is 10.1. The number of carbonyl (C=O) groups excluding carboxylic acids is 1. The van der Waals surface area contributed by atoms with Crippen molar-refractivity contribution in [2.75, 3.05) is 39.3 Å². The van der Waals surface area contributed by atoms with Crippen molar-refractivity contribution < 1.29 is 13.9 Å². The van der Waals surface area contributed by atoms with E-state index in [-0.39, 0.29) is 30.1 Å². The van der Waals surface area contributed by atoms with Crippen LogP contribution in [0.2, 0.25) is 0 Å². The second kappa shape index (κ2) is 11.8. The van der Waals surface area contributed by atoms with Gasteiger partial charge in [-0.3, -0.25) is 0 Å². The third-order valence-electron chi connectivity index (χ3n) is 4.68. The van der Waals surface area contributed by atoms with Gasteiger partial charge in [-0.15, -0.1) is 24.0 Å². The van der Waals surface area contributed by atoms with Gasteiger partial charge in [0.25, 0.3) is 0 Å². The van der Waals surface area contributed by atoms with E-state index in [0.29, 0.717) is 45.2 Å². The van der Waals surface area contributed by atoms with E-state index in [1.807, 2.05) is 45.0 Å². The SMILES string of the molecule is CCNC(=NCc1coc(-c2ccc(C)cc2)n1)N1CCN(C(=O)OCC)CC1.I. The second-order valence-electron chi connectivity index (χ2n) is 6.85. The summed E-state index contributed by atoms with van der Waals surface area (Å²) in [5, 5.41) is 3.32. The Balaban J connectivity index is 0.00000320. The van der Waals surface area contributed by atoms with Crippen molar-refractivity contribution in [2.24, 2.45) is 4.99 Å². The largest absolute Gasteiger partial charge is 0.450 e. The molecule has 30 heavy (non-hydrogen) atoms. The predicted molar refractivity (Wildman–Crippen MR) is 127 cm³/mol. The topological polar surface area (TPSA) is 83.2 Å². The molecular weight excluding hydrogens is 497 g/mol. The van der Waals surface area contributed by atoms with Gasteiger partial charge in [0.05, 0.1) is 13.2 Å². The van der Waals surface area contributed by atoms with E-state index >= 15 is 0 Å². The van der Waals surface area contributed by atoms with Crippen LogP contribution in [0.4, 0.5) is 4.79 Å². The molecule has 2 aromatic rings. The molecule has 1 fully saturated rings. The van der Waals surface area contributed by atoms with Crippen LogP contribution in [0.5, 0.6) is 0 Å². The van der Waals surface area contributed by atoms with Crippen LogP contribution in [0.1, 0.15) is 25.1 Å². The number of aryl methyl sites for hydroxylation is 1. The Morgan fingerprint density at radius 2 is 1.83 bits per heavy atom. The van der Waals surface area contributed by atoms with Crippen molar-refractivity contribution in [1.82, 2.24) is 20.1 Å². The summed E-state index contributed by atoms with van der Waals surface area (Å²) in [5.74, 6) is 1.42. The number of carbonyl (C=O) groups is 1. The van der Waals surface area contributed by atoms with Crippen LogP contribution in [0, 0.1) is 6.92 Å². The van der Waals surface area contributed by atoms with Gasteiger partial charge in [0.2, 0.25) is 5.89 Å². The number of nitrogens with one attached hydrogen (secondary N) is 1. The van der Waals surface area contributed by atoms with Gasteiger partial charge < -0.3 is 24.3 Å². The molecule has 0 radical (unpaired) electrons. The number of guanidine groups is 1. The van der Waals surface area contributed by atoms with Gasteiger partial charge in [-0.2, -0.15) is 0 Å². The minimum Gasteiger partial charge on any atom is -0.450 e. The highest BCUT2D eigenvalue weighted by Gasteiger charge is 2.23. The van der Waals surface area contributed by atoms with Gasteiger partial charge in [-0.25, -0.2) is 14.8 Å². The predicted octanol–water partition coefficient (Wildman–Crippen LogP) is 3.51. The molecule has 0 bridgehead atoms. The van der Waals surface area contributed by atoms with Gasteiger partial charge in [0, 0.05) is 38.3 Å². The van der Waals surface area contributed by atoms with Crippen molar-refractivity contribution in [1.29, 1.82) is 0 Å². The van der Waals surface area contributed by atoms with E-state index in [1.165, 1.54) is 5.56 Å². The highest BCUT2D eigenvalue weighted by Crippen LogP contribution is 2.19. The Bertz CT molecular complexity index is 829. The maximum absolute atomic E-state index is 11.9. The van der Waals surface area contributed by atoms with E-state index in [0.717, 1.165) is 23.8 Å². The number of rotatable bonds is 5. The molecule has 0 saturated carbocycles. The molecule has 9 heteroatoms. The average Bonchev–Trinajstić information content (AvgIpc) is 3.21. The van der Waals surface area contributed by atoms with Crippen molar-refractivity contribution in [2.45, 2.75) is 27.3 Å². The van der Waals surface area contributed by atoms with E-state index in [9.17, 15) is 4.79 Å². The Morgan fingerprint density at radius 3 is 2.47 bits per heavy atom. The lowest BCUT2D eigenvalue weighted by Gasteiger charge is -2.35. The normalized spacial score (nSPS) is 14.3. The standard InChI is InChI=1S/C21H29N5O3.HI/c1-4-22-20(25-10-12-26(13-11-25)21(27)28-5-2)23-14-18-15-29-19(24-18)17-8-6-16(3)7-9-17;/h6-9,15H,4-5,10-14H2,1-3H3,(H,22,23);1H. The van der Waals surface area contributed by atoms with Gasteiger partial charge in [-0.1, -0.05) is 17.7 Å². The second-order valence-corrected chi connectivity index (χ2v) is 6.85. The summed E-state index contributed by atoms with van der Waals surface area (Å²) < 4.78 is 10.7. The highest BCUT2D eigenvalue weighted by molar-refractivity contribution is 14.0. The van der Waals surface area contributed by atoms with Crippen LogP contribution in [0.3, 0.4) is 0 Å². The number of halogens is 1. The molecule has 1 saturated heterocycles. The zero-order valence-corrected chi connectivity index (χ0v) is 20.1. The third-order valence-corrected chi connectivity index (χ3v) is 4.68. The first-order valence-electron chi connectivity index (χ1n) is 10.1. The minimum absolute atomic E-state index is 0. The molecule has 0 unspecified atom stereocenters. The maximum atomic E-state index is 11.9. The lowest BCUT2D eigenvalue weighted by Crippen LogP contribution is -2.53. The number of hydrogen-bond acceptors (Lipinski definition) is 5. The Kier molecular flexibility index (Phi) is 9.41. The Labute approximate surface area is 194 Å². The third kappa shape index (κ3) is 6.35. The highest BCUT2D eigenvalue weighted by atomic mass is 127. The number of oxazole rings is 1. The van der Waals surface area contributed by atoms with Crippen LogP contribution in [0.25, 0.3) is 11.5 Å². The summed E-state index contributed by atoms with van der Waals surface area (Å²) in [6.07, 6.45) is 1.40. The summed E-state index contributed by atoms with van der Waals surface area (Å²) in [4.78, 5) is 25.0. The van der Waals surface area contributed by atoms with Crippen LogP contribution < -0.4 is 5.32 Å². The molecule has 1 aliphatic heterocycles. The van der Waals surface area contributed by atoms with Gasteiger partial charge in [-0.05, 0) is 32.9 Å². The molecule has 3 rings (SSSR count). The average molecular weight is 527 g/mol. The van der Waals surface area contributed by atoms with E-state index in [1.54, 1.807) is 11.2 Å². The van der Waals surface area contributed by atoms with Crippen molar-refractivity contribution in [3.05, 3.63) is 41.8 Å². The summed E-state index contributed by atoms with van der Waals surface area (Å²) in [7, 11) is 0. The molecule has 1 aliphatic rings. The minimum atomic E-state index is -0.250. The summed E-state index contributed by atoms with van der Waals surface area (Å²) in [6, 6.07) is 8.08. The van der Waals surface area contributed by atoms with Crippen molar-refractivity contribution in [3.63, 3.8) is 0 Å². The molecule has 8 nitrogen and oxygen atoms in total. The number of hydrogen-bond donors (Lipinski definition) is 1. The molecule has 164 valence electrons. The van der Waals surface area contributed by atoms with Crippen LogP contribution in [0.15, 0.2) is 39.9 Å². The zero-order valence-electron chi connectivity index (χ0n) is 17.8. The summed E-state index contributed by atoms with van der Waals surface area (Å²) in [6.45, 7) is 10.1. The molecule has 0 aliphatic carbocycles. The molecule has 2 heterocycles. The lowest BCUT2D eigenvalue weighted by molar-refractivity contribution is 0.0914. The van der Waals surface area contributed by atoms with E-state index in [2.05, 4.69) is 15.2 Å². The first-order chi connectivity index (χ1) is 14.1. The van der Waals surface area contributed by atoms with Gasteiger partial charge in [0.15, 0.2) is 5.96 Å². The fraction of sp³-hybridized carbons (Fsp3) is 0.476. The summed E-state index contributed by atoms with van der Waals surface area (Å²) in [5.41, 5.74) is 2.93. The molecule has 1 aromatic heterocycles.